The van der Waals surface area contributed by atoms with E-state index < -0.39 is 53.5 Å². The quantitative estimate of drug-likeness (QED) is 0.294. The second-order valence-corrected chi connectivity index (χ2v) is 9.16. The number of nitrogens with zero attached hydrogens (tertiary/aromatic N) is 2. The van der Waals surface area contributed by atoms with Crippen molar-refractivity contribution in [1.82, 2.24) is 10.3 Å². The van der Waals surface area contributed by atoms with Crippen molar-refractivity contribution in [3.63, 3.8) is 0 Å². The van der Waals surface area contributed by atoms with E-state index in [4.69, 9.17) is 23.2 Å². The van der Waals surface area contributed by atoms with Gasteiger partial charge in [0.15, 0.2) is 0 Å². The number of aliphatic hydroxyl groups is 1. The first-order valence-electron chi connectivity index (χ1n) is 10.4. The largest absolute Gasteiger partial charge is 0.423 e. The number of fused-ring (bicyclic) bond motifs is 2. The topological polar surface area (TPSA) is 94.6 Å². The maximum Gasteiger partial charge on any atom is 0.423 e. The molecule has 14 heteroatoms. The average Bonchev–Trinajstić information content (AvgIpc) is 3.30. The molecule has 0 unspecified atom stereocenters. The van der Waals surface area contributed by atoms with Crippen molar-refractivity contribution in [2.45, 2.75) is 17.8 Å². The zero-order valence-corrected chi connectivity index (χ0v) is 19.6. The van der Waals surface area contributed by atoms with Crippen LogP contribution in [0, 0.1) is 11.6 Å². The number of benzene rings is 2. The van der Waals surface area contributed by atoms with Crippen LogP contribution in [0.15, 0.2) is 42.5 Å². The molecule has 2 aliphatic heterocycles. The van der Waals surface area contributed by atoms with E-state index in [1.165, 1.54) is 6.07 Å². The molecule has 5 rings (SSSR count). The van der Waals surface area contributed by atoms with E-state index in [-0.39, 0.29) is 38.4 Å². The van der Waals surface area contributed by atoms with E-state index in [1.54, 1.807) is 0 Å². The van der Waals surface area contributed by atoms with Crippen LogP contribution in [0.3, 0.4) is 0 Å². The zero-order valence-electron chi connectivity index (χ0n) is 18.1. The van der Waals surface area contributed by atoms with Crippen molar-refractivity contribution in [2.24, 2.45) is 0 Å². The molecule has 7 nitrogen and oxygen atoms in total. The van der Waals surface area contributed by atoms with Crippen molar-refractivity contribution in [1.29, 1.82) is 0 Å². The van der Waals surface area contributed by atoms with Gasteiger partial charge in [0.1, 0.15) is 22.5 Å². The van der Waals surface area contributed by atoms with E-state index in [1.807, 2.05) is 0 Å². The van der Waals surface area contributed by atoms with Gasteiger partial charge in [0.2, 0.25) is 5.60 Å². The van der Waals surface area contributed by atoms with Crippen LogP contribution in [0.25, 0.3) is 0 Å². The number of pyridine rings is 1. The molecule has 0 aliphatic carbocycles. The molecule has 0 radical (unpaired) electrons. The SMILES string of the molecule is O=C1N[C@@H](c2cc(F)ccc2Cl)c2c(NC(=O)N3C[C@](O)(C(F)(F)F)c4cc(F)ccc43)cc(Cl)nc21. The number of nitrogens with one attached hydrogen (secondary N) is 2. The van der Waals surface area contributed by atoms with Crippen LogP contribution in [0.5, 0.6) is 0 Å². The summed E-state index contributed by atoms with van der Waals surface area (Å²) >= 11 is 12.2. The van der Waals surface area contributed by atoms with E-state index in [0.717, 1.165) is 30.3 Å². The molecule has 0 fully saturated rings. The van der Waals surface area contributed by atoms with Crippen molar-refractivity contribution < 1.29 is 36.6 Å². The number of hydrogen-bond acceptors (Lipinski definition) is 4. The molecule has 192 valence electrons. The fourth-order valence-corrected chi connectivity index (χ4v) is 4.83. The maximum atomic E-state index is 14.0. The summed E-state index contributed by atoms with van der Waals surface area (Å²) in [5.41, 5.74) is -4.93. The van der Waals surface area contributed by atoms with Crippen molar-refractivity contribution >= 4 is 46.5 Å². The normalized spacial score (nSPS) is 20.5. The third-order valence-electron chi connectivity index (χ3n) is 6.11. The number of carbonyl (C=O) groups is 2. The van der Waals surface area contributed by atoms with Crippen LogP contribution < -0.4 is 15.5 Å². The van der Waals surface area contributed by atoms with E-state index >= 15 is 0 Å². The first kappa shape index (κ1) is 25.2. The molecule has 2 atom stereocenters. The number of halogens is 7. The first-order chi connectivity index (χ1) is 17.3. The molecule has 2 aliphatic rings. The van der Waals surface area contributed by atoms with Gasteiger partial charge in [0, 0.05) is 21.7 Å². The second kappa shape index (κ2) is 8.54. The van der Waals surface area contributed by atoms with Gasteiger partial charge in [0.05, 0.1) is 24.0 Å². The Morgan fingerprint density at radius 3 is 2.51 bits per heavy atom. The van der Waals surface area contributed by atoms with Crippen LogP contribution in [0.2, 0.25) is 10.2 Å². The molecule has 0 saturated carbocycles. The van der Waals surface area contributed by atoms with Gasteiger partial charge < -0.3 is 15.7 Å². The van der Waals surface area contributed by atoms with Crippen molar-refractivity contribution in [2.75, 3.05) is 16.8 Å². The lowest BCUT2D eigenvalue weighted by atomic mass is 9.95. The van der Waals surface area contributed by atoms with Gasteiger partial charge in [-0.25, -0.2) is 18.6 Å². The Kier molecular flexibility index (Phi) is 5.81. The van der Waals surface area contributed by atoms with Crippen molar-refractivity contribution in [3.8, 4) is 0 Å². The smallest absolute Gasteiger partial charge is 0.375 e. The third kappa shape index (κ3) is 4.05. The van der Waals surface area contributed by atoms with Crippen LogP contribution in [0.4, 0.5) is 38.1 Å². The van der Waals surface area contributed by atoms with Crippen LogP contribution in [0.1, 0.15) is 33.2 Å². The van der Waals surface area contributed by atoms with Gasteiger partial charge in [-0.2, -0.15) is 13.2 Å². The summed E-state index contributed by atoms with van der Waals surface area (Å²) in [7, 11) is 0. The predicted molar refractivity (Wildman–Crippen MR) is 123 cm³/mol. The third-order valence-corrected chi connectivity index (χ3v) is 6.65. The van der Waals surface area contributed by atoms with Crippen LogP contribution in [-0.2, 0) is 5.60 Å². The van der Waals surface area contributed by atoms with Gasteiger partial charge in [-0.05, 0) is 42.5 Å². The molecule has 3 amide bonds. The molecule has 0 saturated heterocycles. The highest BCUT2D eigenvalue weighted by atomic mass is 35.5. The molecule has 3 heterocycles. The standard InChI is InChI=1S/C23H13Cl2F5N4O3/c24-13-3-1-9(26)5-11(13)18-17-14(7-16(25)32-19(17)20(35)33-18)31-21(36)34-8-22(37,23(28,29)30)12-6-10(27)2-4-15(12)34/h1-7,18,37H,8H2,(H,33,35)(H,31,32,36)/t18-,22+/m0/s1. The van der Waals surface area contributed by atoms with Crippen molar-refractivity contribution in [3.05, 3.63) is 86.7 Å². The highest BCUT2D eigenvalue weighted by Crippen LogP contribution is 2.49. The van der Waals surface area contributed by atoms with E-state index in [9.17, 15) is 36.6 Å². The Morgan fingerprint density at radius 2 is 1.81 bits per heavy atom. The highest BCUT2D eigenvalue weighted by molar-refractivity contribution is 6.31. The number of aromatic nitrogens is 1. The number of β-amino-alcohol motifs (C(OH)–C–C–N with tert-alkyl or cyclic N) is 1. The minimum Gasteiger partial charge on any atom is -0.375 e. The summed E-state index contributed by atoms with van der Waals surface area (Å²) < 4.78 is 69.0. The molecule has 37 heavy (non-hydrogen) atoms. The molecule has 0 bridgehead atoms. The average molecular weight is 559 g/mol. The van der Waals surface area contributed by atoms with Gasteiger partial charge >= 0.3 is 12.2 Å². The molecule has 0 spiro atoms. The fraction of sp³-hybridized carbons (Fsp3) is 0.174. The number of alkyl halides is 3. The summed E-state index contributed by atoms with van der Waals surface area (Å²) in [6.45, 7) is -1.27. The molecular formula is C23H13Cl2F5N4O3. The summed E-state index contributed by atoms with van der Waals surface area (Å²) in [5.74, 6) is -2.42. The first-order valence-corrected chi connectivity index (χ1v) is 11.2. The molecule has 3 N–H and O–H groups in total. The number of carbonyl (C=O) groups excluding carboxylic acids is 2. The monoisotopic (exact) mass is 558 g/mol. The second-order valence-electron chi connectivity index (χ2n) is 8.36. The summed E-state index contributed by atoms with van der Waals surface area (Å²) in [6, 6.07) is 4.61. The predicted octanol–water partition coefficient (Wildman–Crippen LogP) is 5.30. The number of anilines is 2. The minimum atomic E-state index is -5.23. The Balaban J connectivity index is 1.57. The fourth-order valence-electron chi connectivity index (χ4n) is 4.41. The maximum absolute atomic E-state index is 14.0. The lowest BCUT2D eigenvalue weighted by molar-refractivity contribution is -0.258. The molecule has 1 aromatic heterocycles. The van der Waals surface area contributed by atoms with E-state index in [0.29, 0.717) is 11.0 Å². The number of amides is 3. The number of hydrogen-bond donors (Lipinski definition) is 3. The summed E-state index contributed by atoms with van der Waals surface area (Å²) in [6.07, 6.45) is -5.23. The summed E-state index contributed by atoms with van der Waals surface area (Å²) in [4.78, 5) is 30.3. The van der Waals surface area contributed by atoms with Gasteiger partial charge in [-0.1, -0.05) is 23.2 Å². The zero-order chi connectivity index (χ0) is 26.9. The molecule has 2 aromatic carbocycles. The Labute approximate surface area is 214 Å². The Bertz CT molecular complexity index is 1490. The molecular weight excluding hydrogens is 546 g/mol. The van der Waals surface area contributed by atoms with Gasteiger partial charge in [-0.3, -0.25) is 9.69 Å². The number of rotatable bonds is 2. The summed E-state index contributed by atoms with van der Waals surface area (Å²) in [5, 5.41) is 15.2. The lowest BCUT2D eigenvalue weighted by Crippen LogP contribution is -2.48. The highest BCUT2D eigenvalue weighted by Gasteiger charge is 2.61. The van der Waals surface area contributed by atoms with Crippen LogP contribution >= 0.6 is 23.2 Å². The lowest BCUT2D eigenvalue weighted by Gasteiger charge is -2.27. The Morgan fingerprint density at radius 1 is 1.14 bits per heavy atom. The molecule has 3 aromatic rings. The Hall–Kier alpha value is -3.48. The minimum absolute atomic E-state index is 0.0415. The van der Waals surface area contributed by atoms with Gasteiger partial charge in [0.25, 0.3) is 5.91 Å². The van der Waals surface area contributed by atoms with E-state index in [2.05, 4.69) is 15.6 Å². The van der Waals surface area contributed by atoms with Crippen LogP contribution in [-0.4, -0.2) is 34.7 Å². The van der Waals surface area contributed by atoms with Gasteiger partial charge in [-0.15, -0.1) is 0 Å². The number of urea groups is 1.